The van der Waals surface area contributed by atoms with Crippen LogP contribution in [-0.2, 0) is 10.9 Å². The molecule has 0 aromatic carbocycles. The van der Waals surface area contributed by atoms with Crippen molar-refractivity contribution < 1.29 is 22.7 Å². The van der Waals surface area contributed by atoms with E-state index in [-0.39, 0.29) is 12.7 Å². The quantitative estimate of drug-likeness (QED) is 0.862. The van der Waals surface area contributed by atoms with Crippen molar-refractivity contribution in [1.29, 1.82) is 0 Å². The highest BCUT2D eigenvalue weighted by Gasteiger charge is 2.35. The van der Waals surface area contributed by atoms with Gasteiger partial charge >= 0.3 is 6.18 Å². The molecule has 0 aliphatic carbocycles. The van der Waals surface area contributed by atoms with E-state index in [2.05, 4.69) is 10.3 Å². The van der Waals surface area contributed by atoms with Crippen LogP contribution in [0.1, 0.15) is 28.8 Å². The fourth-order valence-corrected chi connectivity index (χ4v) is 2.10. The van der Waals surface area contributed by atoms with Crippen molar-refractivity contribution in [3.05, 3.63) is 29.6 Å². The molecule has 1 fully saturated rings. The largest absolute Gasteiger partial charge is 0.417 e. The van der Waals surface area contributed by atoms with Gasteiger partial charge in [0.25, 0.3) is 0 Å². The first-order chi connectivity index (χ1) is 9.48. The lowest BCUT2D eigenvalue weighted by Gasteiger charge is -2.22. The number of aromatic nitrogens is 1. The Bertz CT molecular complexity index is 471. The van der Waals surface area contributed by atoms with Crippen molar-refractivity contribution in [2.24, 2.45) is 0 Å². The number of halogens is 3. The number of carbonyl (C=O) groups excluding carboxylic acids is 1. The van der Waals surface area contributed by atoms with Crippen molar-refractivity contribution >= 4 is 5.78 Å². The summed E-state index contributed by atoms with van der Waals surface area (Å²) >= 11 is 0. The second-order valence-electron chi connectivity index (χ2n) is 4.60. The molecule has 2 heterocycles. The maximum absolute atomic E-state index is 12.8. The zero-order valence-electron chi connectivity index (χ0n) is 10.7. The number of rotatable bonds is 4. The van der Waals surface area contributed by atoms with Crippen molar-refractivity contribution in [2.75, 3.05) is 19.7 Å². The Balaban J connectivity index is 2.02. The van der Waals surface area contributed by atoms with Gasteiger partial charge in [-0.3, -0.25) is 9.78 Å². The molecule has 0 bridgehead atoms. The summed E-state index contributed by atoms with van der Waals surface area (Å²) in [6, 6.07) is 0.803. The summed E-state index contributed by atoms with van der Waals surface area (Å²) in [5, 5.41) is 3.14. The molecule has 2 rings (SSSR count). The van der Waals surface area contributed by atoms with E-state index in [9.17, 15) is 18.0 Å². The average Bonchev–Trinajstić information content (AvgIpc) is 2.45. The number of pyridine rings is 1. The van der Waals surface area contributed by atoms with Crippen molar-refractivity contribution in [1.82, 2.24) is 10.3 Å². The van der Waals surface area contributed by atoms with E-state index in [1.807, 2.05) is 0 Å². The standard InChI is InChI=1S/C13H15F3N2O2/c14-13(15,16)11-3-6-18-7-10(11)12(19)8-20-9-1-4-17-5-2-9/h3,6-7,9,17H,1-2,4-5,8H2. The highest BCUT2D eigenvalue weighted by molar-refractivity contribution is 5.98. The van der Waals surface area contributed by atoms with E-state index >= 15 is 0 Å². The monoisotopic (exact) mass is 288 g/mol. The van der Waals surface area contributed by atoms with Crippen LogP contribution in [-0.4, -0.2) is 36.6 Å². The Kier molecular flexibility index (Phi) is 4.72. The Hall–Kier alpha value is -1.47. The van der Waals surface area contributed by atoms with Gasteiger partial charge in [0, 0.05) is 12.4 Å². The Morgan fingerprint density at radius 2 is 2.10 bits per heavy atom. The van der Waals surface area contributed by atoms with E-state index in [0.29, 0.717) is 0 Å². The average molecular weight is 288 g/mol. The lowest BCUT2D eigenvalue weighted by Crippen LogP contribution is -2.33. The SMILES string of the molecule is O=C(COC1CCNCC1)c1cnccc1C(F)(F)F. The molecular formula is C13H15F3N2O2. The summed E-state index contributed by atoms with van der Waals surface area (Å²) in [5.74, 6) is -0.691. The molecular weight excluding hydrogens is 273 g/mol. The molecule has 1 saturated heterocycles. The van der Waals surface area contributed by atoms with Crippen LogP contribution in [0.15, 0.2) is 18.5 Å². The lowest BCUT2D eigenvalue weighted by atomic mass is 10.1. The number of ketones is 1. The molecule has 0 unspecified atom stereocenters. The minimum atomic E-state index is -4.57. The number of nitrogens with one attached hydrogen (secondary N) is 1. The number of Topliss-reactive ketones (excluding diaryl/α,β-unsaturated/α-hetero) is 1. The molecule has 0 radical (unpaired) electrons. The number of alkyl halides is 3. The number of hydrogen-bond acceptors (Lipinski definition) is 4. The van der Waals surface area contributed by atoms with Crippen molar-refractivity contribution in [3.63, 3.8) is 0 Å². The Morgan fingerprint density at radius 1 is 1.40 bits per heavy atom. The topological polar surface area (TPSA) is 51.2 Å². The van der Waals surface area contributed by atoms with Gasteiger partial charge in [0.05, 0.1) is 17.2 Å². The molecule has 1 aromatic rings. The molecule has 0 atom stereocenters. The van der Waals surface area contributed by atoms with Gasteiger partial charge in [-0.25, -0.2) is 0 Å². The molecule has 1 N–H and O–H groups in total. The molecule has 4 nitrogen and oxygen atoms in total. The van der Waals surface area contributed by atoms with Crippen LogP contribution in [0.4, 0.5) is 13.2 Å². The summed E-state index contributed by atoms with van der Waals surface area (Å²) in [7, 11) is 0. The summed E-state index contributed by atoms with van der Waals surface area (Å²) in [4.78, 5) is 15.5. The van der Waals surface area contributed by atoms with E-state index in [0.717, 1.165) is 44.4 Å². The molecule has 7 heteroatoms. The first-order valence-corrected chi connectivity index (χ1v) is 6.35. The summed E-state index contributed by atoms with van der Waals surface area (Å²) in [5.41, 5.74) is -1.40. The van der Waals surface area contributed by atoms with E-state index < -0.39 is 23.1 Å². The van der Waals surface area contributed by atoms with Crippen LogP contribution < -0.4 is 5.32 Å². The van der Waals surface area contributed by atoms with E-state index in [1.54, 1.807) is 0 Å². The molecule has 20 heavy (non-hydrogen) atoms. The Labute approximate surface area is 114 Å². The predicted molar refractivity (Wildman–Crippen MR) is 65.4 cm³/mol. The first kappa shape index (κ1) is 14.9. The highest BCUT2D eigenvalue weighted by Crippen LogP contribution is 2.31. The van der Waals surface area contributed by atoms with Gasteiger partial charge < -0.3 is 10.1 Å². The summed E-state index contributed by atoms with van der Waals surface area (Å²) in [6.07, 6.45) is -1.17. The normalized spacial score (nSPS) is 17.1. The van der Waals surface area contributed by atoms with Crippen LogP contribution in [0.3, 0.4) is 0 Å². The van der Waals surface area contributed by atoms with Crippen LogP contribution in [0, 0.1) is 0 Å². The third kappa shape index (κ3) is 3.77. The fourth-order valence-electron chi connectivity index (χ4n) is 2.10. The maximum Gasteiger partial charge on any atom is 0.417 e. The summed E-state index contributed by atoms with van der Waals surface area (Å²) in [6.45, 7) is 1.23. The maximum atomic E-state index is 12.8. The molecule has 1 aliphatic rings. The van der Waals surface area contributed by atoms with Gasteiger partial charge in [0.2, 0.25) is 0 Å². The van der Waals surface area contributed by atoms with Crippen molar-refractivity contribution in [2.45, 2.75) is 25.1 Å². The van der Waals surface area contributed by atoms with Gasteiger partial charge in [0.1, 0.15) is 6.61 Å². The van der Waals surface area contributed by atoms with Crippen LogP contribution in [0.25, 0.3) is 0 Å². The first-order valence-electron chi connectivity index (χ1n) is 6.35. The zero-order chi connectivity index (χ0) is 14.6. The summed E-state index contributed by atoms with van der Waals surface area (Å²) < 4.78 is 43.7. The third-order valence-corrected chi connectivity index (χ3v) is 3.16. The molecule has 1 aliphatic heterocycles. The minimum Gasteiger partial charge on any atom is -0.370 e. The van der Waals surface area contributed by atoms with Crippen LogP contribution in [0.5, 0.6) is 0 Å². The van der Waals surface area contributed by atoms with Gasteiger partial charge in [-0.2, -0.15) is 13.2 Å². The van der Waals surface area contributed by atoms with Gasteiger partial charge in [-0.1, -0.05) is 0 Å². The number of nitrogens with zero attached hydrogens (tertiary/aromatic N) is 1. The smallest absolute Gasteiger partial charge is 0.370 e. The van der Waals surface area contributed by atoms with Gasteiger partial charge in [-0.05, 0) is 32.0 Å². The van der Waals surface area contributed by atoms with Gasteiger partial charge in [-0.15, -0.1) is 0 Å². The van der Waals surface area contributed by atoms with Crippen LogP contribution >= 0.6 is 0 Å². The van der Waals surface area contributed by atoms with Crippen molar-refractivity contribution in [3.8, 4) is 0 Å². The molecule has 0 amide bonds. The second-order valence-corrected chi connectivity index (χ2v) is 4.60. The minimum absolute atomic E-state index is 0.0776. The number of piperidine rings is 1. The molecule has 0 spiro atoms. The molecule has 110 valence electrons. The molecule has 0 saturated carbocycles. The predicted octanol–water partition coefficient (Wildman–Crippen LogP) is 2.05. The van der Waals surface area contributed by atoms with Gasteiger partial charge in [0.15, 0.2) is 5.78 Å². The molecule has 1 aromatic heterocycles. The Morgan fingerprint density at radius 3 is 2.75 bits per heavy atom. The highest BCUT2D eigenvalue weighted by atomic mass is 19.4. The number of ether oxygens (including phenoxy) is 1. The zero-order valence-corrected chi connectivity index (χ0v) is 10.7. The second kappa shape index (κ2) is 6.32. The lowest BCUT2D eigenvalue weighted by molar-refractivity contribution is -0.138. The van der Waals surface area contributed by atoms with Crippen LogP contribution in [0.2, 0.25) is 0 Å². The number of hydrogen-bond donors (Lipinski definition) is 1. The van der Waals surface area contributed by atoms with E-state index in [4.69, 9.17) is 4.74 Å². The number of carbonyl (C=O) groups is 1. The van der Waals surface area contributed by atoms with E-state index in [1.165, 1.54) is 0 Å². The fraction of sp³-hybridized carbons (Fsp3) is 0.538. The third-order valence-electron chi connectivity index (χ3n) is 3.16.